The third-order valence-corrected chi connectivity index (χ3v) is 9.19. The number of benzene rings is 4. The van der Waals surface area contributed by atoms with Gasteiger partial charge in [-0.3, -0.25) is 19.3 Å². The molecule has 0 saturated heterocycles. The molecule has 2 amide bonds. The molecule has 0 spiro atoms. The predicted octanol–water partition coefficient (Wildman–Crippen LogP) is 6.17. The second-order valence-electron chi connectivity index (χ2n) is 11.1. The number of imide groups is 1. The van der Waals surface area contributed by atoms with Crippen LogP contribution in [0.15, 0.2) is 72.8 Å². The lowest BCUT2D eigenvalue weighted by atomic mass is 9.96. The van der Waals surface area contributed by atoms with Crippen LogP contribution in [-0.2, 0) is 11.3 Å². The summed E-state index contributed by atoms with van der Waals surface area (Å²) in [5.74, 6) is 0.364. The second kappa shape index (κ2) is 7.39. The van der Waals surface area contributed by atoms with E-state index in [-0.39, 0.29) is 36.2 Å². The van der Waals surface area contributed by atoms with Crippen molar-refractivity contribution in [2.75, 3.05) is 7.11 Å². The number of methoxy groups -OCH3 is 1. The van der Waals surface area contributed by atoms with Crippen molar-refractivity contribution in [3.63, 3.8) is 0 Å². The number of ether oxygens (including phenoxy) is 1. The maximum absolute atomic E-state index is 14.3. The highest BCUT2D eigenvalue weighted by molar-refractivity contribution is 6.39. The van der Waals surface area contributed by atoms with Crippen LogP contribution < -0.4 is 4.74 Å². The molecule has 0 unspecified atom stereocenters. The summed E-state index contributed by atoms with van der Waals surface area (Å²) in [6.07, 6.45) is 1.16. The van der Waals surface area contributed by atoms with Crippen LogP contribution >= 0.6 is 0 Å². The summed E-state index contributed by atoms with van der Waals surface area (Å²) in [6, 6.07) is 23.2. The predicted molar refractivity (Wildman–Crippen MR) is 152 cm³/mol. The Morgan fingerprint density at radius 1 is 0.750 bits per heavy atom. The molecule has 0 N–H and O–H groups in total. The Bertz CT molecular complexity index is 2150. The molecule has 7 heteroatoms. The Morgan fingerprint density at radius 3 is 1.95 bits per heavy atom. The van der Waals surface area contributed by atoms with Crippen molar-refractivity contribution in [2.24, 2.45) is 0 Å². The standard InChI is InChI=1S/C33H23N3O4/c1-40-19-12-10-17(11-13-19)16-34-32(38)28-26-20-6-2-4-8-22(20)35-18-14-24(25(37)15-18)36-23-9-5-3-7-21(23)27(29(28)33(34)39)31(36)30(26)35/h2-13,18,24H,14-16H2,1H3/t18-,24+/m1/s1. The van der Waals surface area contributed by atoms with Gasteiger partial charge >= 0.3 is 0 Å². The molecule has 2 atom stereocenters. The SMILES string of the molecule is COc1ccc(CN2C(=O)c3c(c4c5ccccc5n5c4c4c3c3ccccc3n4[C@H]3CC(=O)[C@@H]5C3)C2=O)cc1. The molecule has 1 saturated carbocycles. The lowest BCUT2D eigenvalue weighted by Gasteiger charge is -2.15. The fourth-order valence-electron chi connectivity index (χ4n) is 7.59. The molecule has 9 rings (SSSR count). The quantitative estimate of drug-likeness (QED) is 0.259. The molecular formula is C33H23N3O4. The monoisotopic (exact) mass is 525 g/mol. The van der Waals surface area contributed by atoms with E-state index in [1.807, 2.05) is 66.7 Å². The Balaban J connectivity index is 1.44. The van der Waals surface area contributed by atoms with E-state index in [2.05, 4.69) is 15.2 Å². The molecule has 4 heterocycles. The number of hydrogen-bond acceptors (Lipinski definition) is 4. The summed E-state index contributed by atoms with van der Waals surface area (Å²) < 4.78 is 9.74. The molecule has 2 bridgehead atoms. The topological polar surface area (TPSA) is 73.5 Å². The maximum Gasteiger partial charge on any atom is 0.262 e. The average molecular weight is 526 g/mol. The molecule has 0 radical (unpaired) electrons. The summed E-state index contributed by atoms with van der Waals surface area (Å²) >= 11 is 0. The number of carbonyl (C=O) groups excluding carboxylic acids is 3. The van der Waals surface area contributed by atoms with Crippen LogP contribution in [0.3, 0.4) is 0 Å². The van der Waals surface area contributed by atoms with E-state index < -0.39 is 0 Å². The first-order valence-corrected chi connectivity index (χ1v) is 13.6. The fourth-order valence-corrected chi connectivity index (χ4v) is 7.59. The van der Waals surface area contributed by atoms with Gasteiger partial charge in [0, 0.05) is 45.0 Å². The number of nitrogens with zero attached hydrogens (tertiary/aromatic N) is 3. The van der Waals surface area contributed by atoms with Gasteiger partial charge in [0.1, 0.15) is 5.75 Å². The Morgan fingerprint density at radius 2 is 1.32 bits per heavy atom. The highest BCUT2D eigenvalue weighted by atomic mass is 16.5. The number of rotatable bonds is 3. The lowest BCUT2D eigenvalue weighted by Crippen LogP contribution is -2.29. The number of hydrogen-bond donors (Lipinski definition) is 0. The van der Waals surface area contributed by atoms with Crippen LogP contribution in [0.1, 0.15) is 51.2 Å². The molecule has 2 aliphatic heterocycles. The van der Waals surface area contributed by atoms with Gasteiger partial charge in [-0.15, -0.1) is 0 Å². The van der Waals surface area contributed by atoms with Gasteiger partial charge in [0.05, 0.1) is 41.9 Å². The minimum atomic E-state index is -0.296. The molecule has 1 fully saturated rings. The van der Waals surface area contributed by atoms with Gasteiger partial charge in [0.25, 0.3) is 11.8 Å². The van der Waals surface area contributed by atoms with Gasteiger partial charge < -0.3 is 13.9 Å². The zero-order chi connectivity index (χ0) is 26.9. The normalized spacial score (nSPS) is 19.6. The van der Waals surface area contributed by atoms with E-state index in [4.69, 9.17) is 4.74 Å². The highest BCUT2D eigenvalue weighted by Gasteiger charge is 2.46. The van der Waals surface area contributed by atoms with E-state index in [0.717, 1.165) is 49.2 Å². The summed E-state index contributed by atoms with van der Waals surface area (Å²) in [4.78, 5) is 43.5. The van der Waals surface area contributed by atoms with E-state index in [9.17, 15) is 14.4 Å². The van der Waals surface area contributed by atoms with Gasteiger partial charge in [0.2, 0.25) is 0 Å². The number of amides is 2. The first kappa shape index (κ1) is 22.0. The minimum absolute atomic E-state index is 0.00224. The Labute approximate surface area is 228 Å². The van der Waals surface area contributed by atoms with Crippen molar-refractivity contribution in [3.05, 3.63) is 89.5 Å². The number of ketones is 1. The van der Waals surface area contributed by atoms with Crippen molar-refractivity contribution in [2.45, 2.75) is 31.5 Å². The summed E-state index contributed by atoms with van der Waals surface area (Å²) in [5, 5.41) is 3.44. The molecule has 3 aliphatic rings. The van der Waals surface area contributed by atoms with Gasteiger partial charge in [-0.1, -0.05) is 48.5 Å². The largest absolute Gasteiger partial charge is 0.497 e. The van der Waals surface area contributed by atoms with E-state index >= 15 is 0 Å². The van der Waals surface area contributed by atoms with Gasteiger partial charge in [0.15, 0.2) is 5.78 Å². The van der Waals surface area contributed by atoms with Crippen molar-refractivity contribution in [3.8, 4) is 5.75 Å². The van der Waals surface area contributed by atoms with Crippen molar-refractivity contribution in [1.82, 2.24) is 14.0 Å². The van der Waals surface area contributed by atoms with Crippen LogP contribution in [0.5, 0.6) is 5.75 Å². The average Bonchev–Trinajstić information content (AvgIpc) is 3.65. The first-order chi connectivity index (χ1) is 19.6. The smallest absolute Gasteiger partial charge is 0.262 e. The molecule has 2 aromatic heterocycles. The van der Waals surface area contributed by atoms with Crippen LogP contribution in [0, 0.1) is 0 Å². The lowest BCUT2D eigenvalue weighted by molar-refractivity contribution is -0.120. The van der Waals surface area contributed by atoms with Crippen molar-refractivity contribution < 1.29 is 19.1 Å². The molecule has 4 aromatic carbocycles. The van der Waals surface area contributed by atoms with E-state index in [1.54, 1.807) is 7.11 Å². The van der Waals surface area contributed by atoms with Crippen molar-refractivity contribution in [1.29, 1.82) is 0 Å². The van der Waals surface area contributed by atoms with E-state index in [0.29, 0.717) is 29.7 Å². The number of fused-ring (bicyclic) bond motifs is 13. The van der Waals surface area contributed by atoms with Crippen molar-refractivity contribution >= 4 is 61.2 Å². The molecule has 194 valence electrons. The molecule has 6 aromatic rings. The second-order valence-corrected chi connectivity index (χ2v) is 11.1. The van der Waals surface area contributed by atoms with Gasteiger partial charge in [-0.25, -0.2) is 0 Å². The summed E-state index contributed by atoms with van der Waals surface area (Å²) in [5.41, 5.74) is 5.54. The third-order valence-electron chi connectivity index (χ3n) is 9.19. The van der Waals surface area contributed by atoms with Crippen LogP contribution in [-0.4, -0.2) is 38.7 Å². The maximum atomic E-state index is 14.3. The van der Waals surface area contributed by atoms with E-state index in [1.165, 1.54) is 4.90 Å². The minimum Gasteiger partial charge on any atom is -0.497 e. The molecular weight excluding hydrogens is 502 g/mol. The highest BCUT2D eigenvalue weighted by Crippen LogP contribution is 2.53. The molecule has 7 nitrogen and oxygen atoms in total. The summed E-state index contributed by atoms with van der Waals surface area (Å²) in [6.45, 7) is 0.167. The van der Waals surface area contributed by atoms with Gasteiger partial charge in [-0.2, -0.15) is 0 Å². The molecule has 40 heavy (non-hydrogen) atoms. The molecule has 1 aliphatic carbocycles. The third kappa shape index (κ3) is 2.49. The van der Waals surface area contributed by atoms with Crippen LogP contribution in [0.2, 0.25) is 0 Å². The summed E-state index contributed by atoms with van der Waals surface area (Å²) in [7, 11) is 1.61. The Hall–Kier alpha value is -4.91. The van der Waals surface area contributed by atoms with Crippen LogP contribution in [0.25, 0.3) is 43.6 Å². The zero-order valence-electron chi connectivity index (χ0n) is 21.7. The Kier molecular flexibility index (Phi) is 4.06. The fraction of sp³-hybridized carbons (Fsp3) is 0.182. The number of Topliss-reactive ketones (excluding diaryl/α,β-unsaturated/α-hetero) is 1. The van der Waals surface area contributed by atoms with Crippen LogP contribution in [0.4, 0.5) is 0 Å². The van der Waals surface area contributed by atoms with Gasteiger partial charge in [-0.05, 0) is 36.2 Å². The number of carbonyl (C=O) groups is 3. The number of aromatic nitrogens is 2. The first-order valence-electron chi connectivity index (χ1n) is 13.6. The zero-order valence-corrected chi connectivity index (χ0v) is 21.7. The number of para-hydroxylation sites is 2.